The van der Waals surface area contributed by atoms with Gasteiger partial charge in [-0.05, 0) is 127 Å². The topological polar surface area (TPSA) is 251 Å². The third-order valence-corrected chi connectivity index (χ3v) is 23.4. The summed E-state index contributed by atoms with van der Waals surface area (Å²) in [6, 6.07) is 139. The molecule has 0 aliphatic heterocycles. The standard InChI is InChI=1S/C113H67N19/c114-68-70-29-28-48-80(61-70)88-63-82(50-56-94(88)132-97-59-53-85(112-125-103(75-38-18-5-19-39-75)118-104(126-112)76-40-20-6-21-41-76)66-91(97)92-67-86(54-60-98(92)132)113-127-105(77-42-22-7-23-43-77)119-106(128-113)78-44-24-8-25-45-78)109-129-107(79-46-26-9-27-47-79)120-108(130-109)81-49-55-93(87(62-81)69-115)131-95-57-51-83(110-121-99(71-30-10-1-11-31-71)116-100(122-110)72-32-12-2-13-33-72)64-89(95)90-65-84(52-58-96(90)131)111-123-101(73-34-14-3-15-35-73)117-102(124-111)74-36-16-4-17-37-74/h1-67H. The zero-order chi connectivity index (χ0) is 88.0. The number of hydrogen-bond acceptors (Lipinski definition) is 17. The van der Waals surface area contributed by atoms with Crippen molar-refractivity contribution in [3.8, 4) is 205 Å². The van der Waals surface area contributed by atoms with Gasteiger partial charge in [0.1, 0.15) is 6.07 Å². The first-order valence-electron chi connectivity index (χ1n) is 42.9. The fourth-order valence-electron chi connectivity index (χ4n) is 17.0. The van der Waals surface area contributed by atoms with E-state index in [0.29, 0.717) is 115 Å². The van der Waals surface area contributed by atoms with E-state index in [2.05, 4.69) is 94.1 Å². The van der Waals surface area contributed by atoms with E-state index >= 15 is 0 Å². The van der Waals surface area contributed by atoms with Crippen LogP contribution in [0.1, 0.15) is 11.1 Å². The normalized spacial score (nSPS) is 11.3. The summed E-state index contributed by atoms with van der Waals surface area (Å²) in [5.41, 5.74) is 18.8. The predicted molar refractivity (Wildman–Crippen MR) is 518 cm³/mol. The van der Waals surface area contributed by atoms with E-state index in [1.807, 2.05) is 328 Å². The first-order valence-corrected chi connectivity index (χ1v) is 42.9. The number of nitrogens with zero attached hydrogens (tertiary/aromatic N) is 19. The van der Waals surface area contributed by atoms with Crippen molar-refractivity contribution in [2.45, 2.75) is 0 Å². The van der Waals surface area contributed by atoms with Crippen LogP contribution in [0.4, 0.5) is 0 Å². The fraction of sp³-hybridized carbons (Fsp3) is 0. The first kappa shape index (κ1) is 77.9. The number of nitriles is 2. The zero-order valence-corrected chi connectivity index (χ0v) is 70.2. The lowest BCUT2D eigenvalue weighted by molar-refractivity contribution is 1.07. The van der Waals surface area contributed by atoms with Crippen LogP contribution in [0, 0.1) is 22.7 Å². The van der Waals surface area contributed by atoms with Gasteiger partial charge in [0.05, 0.1) is 50.6 Å². The molecule has 0 fully saturated rings. The minimum Gasteiger partial charge on any atom is -0.309 e. The third-order valence-electron chi connectivity index (χ3n) is 23.4. The summed E-state index contributed by atoms with van der Waals surface area (Å²) in [6.45, 7) is 0. The van der Waals surface area contributed by atoms with Gasteiger partial charge < -0.3 is 9.13 Å². The van der Waals surface area contributed by atoms with Crippen molar-refractivity contribution in [3.05, 3.63) is 418 Å². The molecule has 132 heavy (non-hydrogen) atoms. The van der Waals surface area contributed by atoms with Gasteiger partial charge in [0.2, 0.25) is 0 Å². The molecule has 614 valence electrons. The van der Waals surface area contributed by atoms with E-state index in [1.54, 1.807) is 6.07 Å². The summed E-state index contributed by atoms with van der Waals surface area (Å²) in [4.78, 5) is 77.9. The van der Waals surface area contributed by atoms with E-state index in [0.717, 1.165) is 133 Å². The Labute approximate surface area is 756 Å². The number of aromatic nitrogens is 17. The molecule has 0 amide bonds. The maximum absolute atomic E-state index is 11.8. The van der Waals surface area contributed by atoms with Crippen LogP contribution in [0.2, 0.25) is 0 Å². The predicted octanol–water partition coefficient (Wildman–Crippen LogP) is 25.2. The lowest BCUT2D eigenvalue weighted by Gasteiger charge is -2.17. The van der Waals surface area contributed by atoms with Crippen LogP contribution >= 0.6 is 0 Å². The van der Waals surface area contributed by atoms with Gasteiger partial charge in [0.15, 0.2) is 87.4 Å². The van der Waals surface area contributed by atoms with Crippen LogP contribution in [-0.4, -0.2) is 83.9 Å². The number of rotatable bonds is 18. The smallest absolute Gasteiger partial charge is 0.164 e. The second-order valence-electron chi connectivity index (χ2n) is 31.7. The molecule has 0 bridgehead atoms. The molecule has 0 aliphatic rings. The Bertz CT molecular complexity index is 7910. The van der Waals surface area contributed by atoms with Gasteiger partial charge in [-0.1, -0.05) is 285 Å². The molecule has 0 saturated carbocycles. The molecule has 23 rings (SSSR count). The van der Waals surface area contributed by atoms with Gasteiger partial charge in [-0.25, -0.2) is 74.8 Å². The van der Waals surface area contributed by atoms with E-state index in [1.165, 1.54) is 0 Å². The van der Waals surface area contributed by atoms with Crippen LogP contribution in [0.3, 0.4) is 0 Å². The van der Waals surface area contributed by atoms with Crippen molar-refractivity contribution < 1.29 is 0 Å². The molecule has 7 aromatic heterocycles. The molecule has 7 heterocycles. The minimum absolute atomic E-state index is 0.323. The van der Waals surface area contributed by atoms with Crippen LogP contribution in [-0.2, 0) is 0 Å². The molecule has 19 heteroatoms. The molecule has 0 unspecified atom stereocenters. The molecule has 0 aliphatic carbocycles. The quantitative estimate of drug-likeness (QED) is 0.0774. The summed E-state index contributed by atoms with van der Waals surface area (Å²) < 4.78 is 4.39. The summed E-state index contributed by atoms with van der Waals surface area (Å²) in [5, 5.41) is 26.0. The molecular formula is C113H67N19. The van der Waals surface area contributed by atoms with Crippen LogP contribution in [0.25, 0.3) is 237 Å². The second-order valence-corrected chi connectivity index (χ2v) is 31.7. The van der Waals surface area contributed by atoms with Crippen molar-refractivity contribution >= 4 is 43.6 Å². The van der Waals surface area contributed by atoms with Gasteiger partial charge in [-0.2, -0.15) is 10.5 Å². The maximum atomic E-state index is 11.8. The van der Waals surface area contributed by atoms with Crippen LogP contribution in [0.5, 0.6) is 0 Å². The highest BCUT2D eigenvalue weighted by atomic mass is 15.1. The average molecular weight is 1690 g/mol. The molecular weight excluding hydrogens is 1620 g/mol. The second kappa shape index (κ2) is 33.6. The Balaban J connectivity index is 0.692. The van der Waals surface area contributed by atoms with Gasteiger partial charge in [-0.3, -0.25) is 0 Å². The highest BCUT2D eigenvalue weighted by Crippen LogP contribution is 2.45. The maximum Gasteiger partial charge on any atom is 0.164 e. The lowest BCUT2D eigenvalue weighted by Crippen LogP contribution is -2.03. The number of benzene rings is 16. The van der Waals surface area contributed by atoms with Crippen LogP contribution < -0.4 is 0 Å². The van der Waals surface area contributed by atoms with Crippen LogP contribution in [0.15, 0.2) is 406 Å². The largest absolute Gasteiger partial charge is 0.309 e. The molecule has 0 spiro atoms. The highest BCUT2D eigenvalue weighted by molar-refractivity contribution is 6.13. The number of hydrogen-bond donors (Lipinski definition) is 0. The summed E-state index contributed by atoms with van der Waals surface area (Å²) in [7, 11) is 0. The average Bonchev–Trinajstić information content (AvgIpc) is 1.57. The van der Waals surface area contributed by atoms with E-state index in [9.17, 15) is 10.5 Å². The Hall–Kier alpha value is -18.9. The molecule has 16 aromatic carbocycles. The SMILES string of the molecule is N#Cc1cccc(-c2cc(-c3nc(-c4ccccc4)nc(-c4ccc(-n5c6ccc(-c7nc(-c8ccccc8)nc(-c8ccccc8)n7)cc6c6cc(-c7nc(-c8ccccc8)nc(-c8ccccc8)n7)ccc65)c(C#N)c4)n3)ccc2-n2c3ccc(-c4nc(-c5ccccc5)nc(-c5ccccc5)n4)cc3c3cc(-c4nc(-c5ccccc5)nc(-c5ccccc5)n4)ccc32)c1. The molecule has 0 atom stereocenters. The van der Waals surface area contributed by atoms with Gasteiger partial charge in [-0.15, -0.1) is 0 Å². The van der Waals surface area contributed by atoms with Crippen molar-refractivity contribution in [3.63, 3.8) is 0 Å². The summed E-state index contributed by atoms with van der Waals surface area (Å²) >= 11 is 0. The van der Waals surface area contributed by atoms with Gasteiger partial charge in [0.25, 0.3) is 0 Å². The van der Waals surface area contributed by atoms with E-state index in [4.69, 9.17) is 74.8 Å². The molecule has 19 nitrogen and oxygen atoms in total. The van der Waals surface area contributed by atoms with E-state index < -0.39 is 0 Å². The highest BCUT2D eigenvalue weighted by Gasteiger charge is 2.27. The molecule has 0 saturated heterocycles. The Morgan fingerprint density at radius 2 is 0.364 bits per heavy atom. The molecule has 23 aromatic rings. The Morgan fingerprint density at radius 1 is 0.159 bits per heavy atom. The fourth-order valence-corrected chi connectivity index (χ4v) is 17.0. The summed E-state index contributed by atoms with van der Waals surface area (Å²) in [5.74, 6) is 7.24. The first-order chi connectivity index (χ1) is 65.3. The zero-order valence-electron chi connectivity index (χ0n) is 70.2. The van der Waals surface area contributed by atoms with Crippen molar-refractivity contribution in [2.24, 2.45) is 0 Å². The third kappa shape index (κ3) is 14.9. The van der Waals surface area contributed by atoms with E-state index in [-0.39, 0.29) is 0 Å². The minimum atomic E-state index is 0.323. The number of fused-ring (bicyclic) bond motifs is 6. The van der Waals surface area contributed by atoms with Gasteiger partial charge in [0, 0.05) is 111 Å². The lowest BCUT2D eigenvalue weighted by atomic mass is 9.98. The Morgan fingerprint density at radius 3 is 0.606 bits per heavy atom. The Kier molecular flexibility index (Phi) is 19.8. The summed E-state index contributed by atoms with van der Waals surface area (Å²) in [6.07, 6.45) is 0. The molecule has 0 N–H and O–H groups in total. The molecule has 0 radical (unpaired) electrons. The monoisotopic (exact) mass is 1690 g/mol. The van der Waals surface area contributed by atoms with Crippen molar-refractivity contribution in [2.75, 3.05) is 0 Å². The van der Waals surface area contributed by atoms with Crippen molar-refractivity contribution in [1.82, 2.24) is 83.9 Å². The van der Waals surface area contributed by atoms with Gasteiger partial charge >= 0.3 is 0 Å². The van der Waals surface area contributed by atoms with Crippen molar-refractivity contribution in [1.29, 1.82) is 10.5 Å².